The van der Waals surface area contributed by atoms with Gasteiger partial charge in [0.15, 0.2) is 0 Å². The molecule has 0 spiro atoms. The summed E-state index contributed by atoms with van der Waals surface area (Å²) >= 11 is 0. The van der Waals surface area contributed by atoms with Crippen molar-refractivity contribution in [1.29, 1.82) is 0 Å². The average molecular weight is 283 g/mol. The Labute approximate surface area is 125 Å². The lowest BCUT2D eigenvalue weighted by Crippen LogP contribution is -2.43. The van der Waals surface area contributed by atoms with Crippen molar-refractivity contribution in [1.82, 2.24) is 14.7 Å². The molecular weight excluding hydrogens is 262 g/mol. The van der Waals surface area contributed by atoms with E-state index in [1.54, 1.807) is 6.92 Å². The number of nitrogens with zero attached hydrogens (tertiary/aromatic N) is 3. The first-order chi connectivity index (χ1) is 10.2. The molecule has 1 saturated heterocycles. The number of Topliss-reactive ketones (excluding diaryl/α,β-unsaturated/α-hetero) is 1. The second-order valence-corrected chi connectivity index (χ2v) is 5.72. The minimum Gasteiger partial charge on any atom is -0.298 e. The molecule has 4 heteroatoms. The summed E-state index contributed by atoms with van der Waals surface area (Å²) in [5.41, 5.74) is 2.22. The molecule has 1 aromatic carbocycles. The number of aromatic nitrogens is 2. The highest BCUT2D eigenvalue weighted by Gasteiger charge is 2.26. The van der Waals surface area contributed by atoms with Crippen LogP contribution in [0.2, 0.25) is 0 Å². The van der Waals surface area contributed by atoms with Gasteiger partial charge in [-0.15, -0.1) is 0 Å². The lowest BCUT2D eigenvalue weighted by molar-refractivity contribution is -0.123. The Hall–Kier alpha value is -1.94. The van der Waals surface area contributed by atoms with Crippen LogP contribution in [0.4, 0.5) is 0 Å². The second-order valence-electron chi connectivity index (χ2n) is 5.72. The Morgan fingerprint density at radius 3 is 2.86 bits per heavy atom. The molecule has 4 nitrogen and oxygen atoms in total. The number of hydrogen-bond donors (Lipinski definition) is 0. The van der Waals surface area contributed by atoms with E-state index in [1.165, 1.54) is 6.42 Å². The van der Waals surface area contributed by atoms with Gasteiger partial charge >= 0.3 is 0 Å². The lowest BCUT2D eigenvalue weighted by atomic mass is 9.99. The molecule has 110 valence electrons. The van der Waals surface area contributed by atoms with Crippen LogP contribution in [0.3, 0.4) is 0 Å². The quantitative estimate of drug-likeness (QED) is 0.866. The van der Waals surface area contributed by atoms with Crippen LogP contribution in [0.1, 0.15) is 31.7 Å². The van der Waals surface area contributed by atoms with Gasteiger partial charge in [-0.1, -0.05) is 24.6 Å². The minimum absolute atomic E-state index is 0.0822. The molecule has 1 fully saturated rings. The summed E-state index contributed by atoms with van der Waals surface area (Å²) in [6.07, 6.45) is 7.28. The molecule has 0 amide bonds. The Kier molecular flexibility index (Phi) is 4.15. The molecule has 2 heterocycles. The van der Waals surface area contributed by atoms with Gasteiger partial charge in [-0.05, 0) is 38.4 Å². The molecule has 1 aliphatic rings. The van der Waals surface area contributed by atoms with Crippen molar-refractivity contribution >= 4 is 5.78 Å². The number of carbonyl (C=O) groups is 1. The molecule has 0 radical (unpaired) electrons. The van der Waals surface area contributed by atoms with Crippen LogP contribution in [0.5, 0.6) is 0 Å². The highest BCUT2D eigenvalue weighted by molar-refractivity contribution is 5.81. The zero-order chi connectivity index (χ0) is 14.7. The van der Waals surface area contributed by atoms with E-state index in [4.69, 9.17) is 0 Å². The molecule has 1 aromatic heterocycles. The summed E-state index contributed by atoms with van der Waals surface area (Å²) in [7, 11) is 0. The predicted octanol–water partition coefficient (Wildman–Crippen LogP) is 2.82. The van der Waals surface area contributed by atoms with E-state index < -0.39 is 0 Å². The molecule has 0 N–H and O–H groups in total. The standard InChI is InChI=1S/C17H21N3O/c1-14(21)17-9-5-6-10-19(17)12-15-11-18-20(13-15)16-7-3-2-4-8-16/h2-4,7-8,11,13,17H,5-6,9-10,12H2,1H3. The Morgan fingerprint density at radius 1 is 1.29 bits per heavy atom. The molecule has 21 heavy (non-hydrogen) atoms. The van der Waals surface area contributed by atoms with E-state index in [0.29, 0.717) is 0 Å². The first-order valence-corrected chi connectivity index (χ1v) is 7.57. The van der Waals surface area contributed by atoms with E-state index in [-0.39, 0.29) is 11.8 Å². The van der Waals surface area contributed by atoms with Crippen molar-refractivity contribution in [2.45, 2.75) is 38.8 Å². The van der Waals surface area contributed by atoms with Crippen molar-refractivity contribution < 1.29 is 4.79 Å². The summed E-state index contributed by atoms with van der Waals surface area (Å²) in [5.74, 6) is 0.283. The smallest absolute Gasteiger partial charge is 0.146 e. The van der Waals surface area contributed by atoms with E-state index >= 15 is 0 Å². The molecule has 3 rings (SSSR count). The Morgan fingerprint density at radius 2 is 2.10 bits per heavy atom. The fourth-order valence-electron chi connectivity index (χ4n) is 3.04. The number of likely N-dealkylation sites (tertiary alicyclic amines) is 1. The van der Waals surface area contributed by atoms with Crippen LogP contribution < -0.4 is 0 Å². The molecule has 0 bridgehead atoms. The number of ketones is 1. The van der Waals surface area contributed by atoms with Gasteiger partial charge in [0.25, 0.3) is 0 Å². The normalized spacial score (nSPS) is 19.6. The monoisotopic (exact) mass is 283 g/mol. The van der Waals surface area contributed by atoms with Crippen LogP contribution in [-0.2, 0) is 11.3 Å². The first kappa shape index (κ1) is 14.0. The fraction of sp³-hybridized carbons (Fsp3) is 0.412. The third-order valence-corrected chi connectivity index (χ3v) is 4.13. The summed E-state index contributed by atoms with van der Waals surface area (Å²) in [6.45, 7) is 3.51. The van der Waals surface area contributed by atoms with Crippen molar-refractivity contribution in [3.05, 3.63) is 48.3 Å². The first-order valence-electron chi connectivity index (χ1n) is 7.57. The van der Waals surface area contributed by atoms with Crippen molar-refractivity contribution in [3.63, 3.8) is 0 Å². The zero-order valence-corrected chi connectivity index (χ0v) is 12.4. The van der Waals surface area contributed by atoms with E-state index in [9.17, 15) is 4.79 Å². The van der Waals surface area contributed by atoms with Crippen LogP contribution in [-0.4, -0.2) is 33.1 Å². The third kappa shape index (κ3) is 3.22. The van der Waals surface area contributed by atoms with Gasteiger partial charge in [-0.2, -0.15) is 5.10 Å². The summed E-state index contributed by atoms with van der Waals surface area (Å²) < 4.78 is 1.89. The topological polar surface area (TPSA) is 38.1 Å². The summed E-state index contributed by atoms with van der Waals surface area (Å²) in [5, 5.41) is 4.43. The maximum absolute atomic E-state index is 11.8. The summed E-state index contributed by atoms with van der Waals surface area (Å²) in [6, 6.07) is 10.2. The van der Waals surface area contributed by atoms with Gasteiger partial charge in [0, 0.05) is 18.3 Å². The van der Waals surface area contributed by atoms with Crippen molar-refractivity contribution in [2.75, 3.05) is 6.54 Å². The van der Waals surface area contributed by atoms with Crippen LogP contribution in [0.15, 0.2) is 42.7 Å². The van der Waals surface area contributed by atoms with Gasteiger partial charge in [0.05, 0.1) is 17.9 Å². The van der Waals surface area contributed by atoms with E-state index in [2.05, 4.69) is 16.2 Å². The van der Waals surface area contributed by atoms with Crippen LogP contribution in [0.25, 0.3) is 5.69 Å². The number of hydrogen-bond acceptors (Lipinski definition) is 3. The SMILES string of the molecule is CC(=O)C1CCCCN1Cc1cnn(-c2ccccc2)c1. The van der Waals surface area contributed by atoms with E-state index in [0.717, 1.165) is 37.2 Å². The maximum Gasteiger partial charge on any atom is 0.146 e. The van der Waals surface area contributed by atoms with Crippen molar-refractivity contribution in [2.24, 2.45) is 0 Å². The largest absolute Gasteiger partial charge is 0.298 e. The highest BCUT2D eigenvalue weighted by atomic mass is 16.1. The summed E-state index contributed by atoms with van der Waals surface area (Å²) in [4.78, 5) is 14.1. The lowest BCUT2D eigenvalue weighted by Gasteiger charge is -2.33. The molecule has 0 saturated carbocycles. The van der Waals surface area contributed by atoms with E-state index in [1.807, 2.05) is 41.2 Å². The molecule has 1 atom stereocenters. The second kappa shape index (κ2) is 6.22. The number of rotatable bonds is 4. The zero-order valence-electron chi connectivity index (χ0n) is 12.4. The highest BCUT2D eigenvalue weighted by Crippen LogP contribution is 2.20. The van der Waals surface area contributed by atoms with Gasteiger partial charge in [0.1, 0.15) is 5.78 Å². The minimum atomic E-state index is 0.0822. The molecule has 2 aromatic rings. The molecular formula is C17H21N3O. The fourth-order valence-corrected chi connectivity index (χ4v) is 3.04. The molecule has 1 unspecified atom stereocenters. The van der Waals surface area contributed by atoms with Gasteiger partial charge in [-0.25, -0.2) is 4.68 Å². The van der Waals surface area contributed by atoms with Gasteiger partial charge in [-0.3, -0.25) is 9.69 Å². The third-order valence-electron chi connectivity index (χ3n) is 4.13. The van der Waals surface area contributed by atoms with Crippen molar-refractivity contribution in [3.8, 4) is 5.69 Å². The predicted molar refractivity (Wildman–Crippen MR) is 82.3 cm³/mol. The van der Waals surface area contributed by atoms with Crippen LogP contribution in [0, 0.1) is 0 Å². The Balaban J connectivity index is 1.73. The number of benzene rings is 1. The Bertz CT molecular complexity index is 606. The number of carbonyl (C=O) groups excluding carboxylic acids is 1. The van der Waals surface area contributed by atoms with Gasteiger partial charge < -0.3 is 0 Å². The maximum atomic E-state index is 11.8. The number of para-hydroxylation sites is 1. The molecule has 1 aliphatic heterocycles. The van der Waals surface area contributed by atoms with Crippen LogP contribution >= 0.6 is 0 Å². The average Bonchev–Trinajstić information content (AvgIpc) is 2.97. The van der Waals surface area contributed by atoms with Gasteiger partial charge in [0.2, 0.25) is 0 Å². The molecule has 0 aliphatic carbocycles. The number of piperidine rings is 1.